The van der Waals surface area contributed by atoms with Crippen molar-refractivity contribution in [3.8, 4) is 0 Å². The van der Waals surface area contributed by atoms with E-state index in [-0.39, 0.29) is 23.1 Å². The first-order chi connectivity index (χ1) is 14.9. The third kappa shape index (κ3) is 4.32. The smallest absolute Gasteiger partial charge is 0.263 e. The van der Waals surface area contributed by atoms with Gasteiger partial charge in [-0.15, -0.1) is 11.3 Å². The quantitative estimate of drug-likeness (QED) is 0.416. The number of thioether (sulfide) groups is 1. The van der Waals surface area contributed by atoms with Gasteiger partial charge in [0.2, 0.25) is 11.8 Å². The molecule has 6 nitrogen and oxygen atoms in total. The Kier molecular flexibility index (Phi) is 6.29. The SMILES string of the molecule is CCc1sc2nc(SCC(=O)N3CCCC3=O)n(Cc3ccc(C)cc3)c(=O)c2c1C. The van der Waals surface area contributed by atoms with Crippen LogP contribution in [0.15, 0.2) is 34.2 Å². The van der Waals surface area contributed by atoms with Gasteiger partial charge in [-0.2, -0.15) is 0 Å². The number of aryl methyl sites for hydroxylation is 3. The molecular formula is C23H25N3O3S2. The van der Waals surface area contributed by atoms with Gasteiger partial charge < -0.3 is 0 Å². The fraction of sp³-hybridized carbons (Fsp3) is 0.391. The molecule has 4 rings (SSSR count). The van der Waals surface area contributed by atoms with Crippen LogP contribution in [0.3, 0.4) is 0 Å². The summed E-state index contributed by atoms with van der Waals surface area (Å²) in [6.07, 6.45) is 1.99. The van der Waals surface area contributed by atoms with E-state index < -0.39 is 0 Å². The van der Waals surface area contributed by atoms with Crippen molar-refractivity contribution in [3.05, 3.63) is 56.2 Å². The number of carbonyl (C=O) groups excluding carboxylic acids is 2. The van der Waals surface area contributed by atoms with Gasteiger partial charge in [-0.3, -0.25) is 23.9 Å². The Balaban J connectivity index is 1.72. The van der Waals surface area contributed by atoms with Crippen LogP contribution < -0.4 is 5.56 Å². The third-order valence-electron chi connectivity index (χ3n) is 5.60. The second-order valence-corrected chi connectivity index (χ2v) is 9.81. The van der Waals surface area contributed by atoms with Crippen LogP contribution in [0, 0.1) is 13.8 Å². The molecule has 0 atom stereocenters. The average Bonchev–Trinajstić information content (AvgIpc) is 3.32. The van der Waals surface area contributed by atoms with Crippen molar-refractivity contribution in [1.82, 2.24) is 14.5 Å². The number of carbonyl (C=O) groups is 2. The first-order valence-corrected chi connectivity index (χ1v) is 12.2. The zero-order valence-electron chi connectivity index (χ0n) is 17.9. The average molecular weight is 456 g/mol. The minimum Gasteiger partial charge on any atom is -0.283 e. The highest BCUT2D eigenvalue weighted by molar-refractivity contribution is 7.99. The van der Waals surface area contributed by atoms with Gasteiger partial charge in [0.15, 0.2) is 5.16 Å². The van der Waals surface area contributed by atoms with E-state index >= 15 is 0 Å². The zero-order valence-corrected chi connectivity index (χ0v) is 19.6. The summed E-state index contributed by atoms with van der Waals surface area (Å²) in [6, 6.07) is 8.05. The molecule has 0 saturated carbocycles. The number of benzene rings is 1. The Hall–Kier alpha value is -2.45. The Morgan fingerprint density at radius 1 is 1.19 bits per heavy atom. The number of imide groups is 1. The van der Waals surface area contributed by atoms with Crippen LogP contribution in [0.5, 0.6) is 0 Å². The molecule has 0 radical (unpaired) electrons. The maximum Gasteiger partial charge on any atom is 0.263 e. The van der Waals surface area contributed by atoms with Crippen molar-refractivity contribution >= 4 is 45.1 Å². The summed E-state index contributed by atoms with van der Waals surface area (Å²) in [5, 5.41) is 1.18. The van der Waals surface area contributed by atoms with Crippen molar-refractivity contribution in [1.29, 1.82) is 0 Å². The normalized spacial score (nSPS) is 14.0. The molecule has 1 fully saturated rings. The molecule has 0 spiro atoms. The Bertz CT molecular complexity index is 1210. The number of likely N-dealkylation sites (tertiary alicyclic amines) is 1. The fourth-order valence-electron chi connectivity index (χ4n) is 3.82. The fourth-order valence-corrected chi connectivity index (χ4v) is 5.86. The number of aromatic nitrogens is 2. The second-order valence-electron chi connectivity index (χ2n) is 7.79. The van der Waals surface area contributed by atoms with Gasteiger partial charge in [0, 0.05) is 17.8 Å². The molecule has 0 N–H and O–H groups in total. The number of hydrogen-bond donors (Lipinski definition) is 0. The van der Waals surface area contributed by atoms with E-state index in [1.54, 1.807) is 15.9 Å². The first kappa shape index (κ1) is 21.8. The number of nitrogens with zero attached hydrogens (tertiary/aromatic N) is 3. The van der Waals surface area contributed by atoms with Crippen LogP contribution in [-0.2, 0) is 22.6 Å². The topological polar surface area (TPSA) is 72.3 Å². The Labute approximate surface area is 189 Å². The van der Waals surface area contributed by atoms with Crippen LogP contribution in [-0.4, -0.2) is 38.6 Å². The molecule has 1 aromatic carbocycles. The lowest BCUT2D eigenvalue weighted by molar-refractivity contribution is -0.140. The third-order valence-corrected chi connectivity index (χ3v) is 7.89. The van der Waals surface area contributed by atoms with E-state index in [0.717, 1.165) is 28.0 Å². The van der Waals surface area contributed by atoms with Crippen molar-refractivity contribution in [3.63, 3.8) is 0 Å². The van der Waals surface area contributed by atoms with E-state index in [1.807, 2.05) is 38.1 Å². The molecule has 3 heterocycles. The van der Waals surface area contributed by atoms with E-state index in [2.05, 4.69) is 6.92 Å². The van der Waals surface area contributed by atoms with Crippen LogP contribution in [0.25, 0.3) is 10.2 Å². The highest BCUT2D eigenvalue weighted by atomic mass is 32.2. The largest absolute Gasteiger partial charge is 0.283 e. The Morgan fingerprint density at radius 3 is 2.58 bits per heavy atom. The molecule has 1 saturated heterocycles. The van der Waals surface area contributed by atoms with Crippen LogP contribution >= 0.6 is 23.1 Å². The summed E-state index contributed by atoms with van der Waals surface area (Å²) < 4.78 is 1.66. The number of amides is 2. The standard InChI is InChI=1S/C23H25N3O3S2/c1-4-17-15(3)20-21(31-17)24-23(30-13-19(28)25-11-5-6-18(25)27)26(22(20)29)12-16-9-7-14(2)8-10-16/h7-10H,4-6,11-13H2,1-3H3. The van der Waals surface area contributed by atoms with Gasteiger partial charge in [-0.1, -0.05) is 48.5 Å². The summed E-state index contributed by atoms with van der Waals surface area (Å²) in [5.41, 5.74) is 3.07. The lowest BCUT2D eigenvalue weighted by Gasteiger charge is -2.15. The van der Waals surface area contributed by atoms with Crippen LogP contribution in [0.4, 0.5) is 0 Å². The second kappa shape index (κ2) is 8.96. The van der Waals surface area contributed by atoms with Gasteiger partial charge in [-0.25, -0.2) is 4.98 Å². The molecule has 31 heavy (non-hydrogen) atoms. The van der Waals surface area contributed by atoms with E-state index in [1.165, 1.54) is 16.7 Å². The van der Waals surface area contributed by atoms with Gasteiger partial charge in [-0.05, 0) is 37.8 Å². The summed E-state index contributed by atoms with van der Waals surface area (Å²) in [5.74, 6) is -0.254. The zero-order chi connectivity index (χ0) is 22.1. The van der Waals surface area contributed by atoms with Crippen molar-refractivity contribution in [2.24, 2.45) is 0 Å². The van der Waals surface area contributed by atoms with Gasteiger partial charge in [0.05, 0.1) is 17.7 Å². The number of fused-ring (bicyclic) bond motifs is 1. The van der Waals surface area contributed by atoms with E-state index in [9.17, 15) is 14.4 Å². The van der Waals surface area contributed by atoms with Crippen molar-refractivity contribution in [2.75, 3.05) is 12.3 Å². The minimum atomic E-state index is -0.222. The molecule has 2 aromatic heterocycles. The van der Waals surface area contributed by atoms with Crippen molar-refractivity contribution in [2.45, 2.75) is 51.7 Å². The summed E-state index contributed by atoms with van der Waals surface area (Å²) in [7, 11) is 0. The number of rotatable bonds is 6. The highest BCUT2D eigenvalue weighted by Crippen LogP contribution is 2.30. The molecule has 0 unspecified atom stereocenters. The molecular weight excluding hydrogens is 430 g/mol. The van der Waals surface area contributed by atoms with E-state index in [4.69, 9.17) is 4.98 Å². The first-order valence-electron chi connectivity index (χ1n) is 10.4. The summed E-state index contributed by atoms with van der Waals surface area (Å²) in [6.45, 7) is 6.94. The number of hydrogen-bond acceptors (Lipinski definition) is 6. The summed E-state index contributed by atoms with van der Waals surface area (Å²) >= 11 is 2.78. The molecule has 162 valence electrons. The molecule has 1 aliphatic rings. The van der Waals surface area contributed by atoms with Gasteiger partial charge >= 0.3 is 0 Å². The van der Waals surface area contributed by atoms with Crippen molar-refractivity contribution < 1.29 is 9.59 Å². The number of thiophene rings is 1. The molecule has 0 bridgehead atoms. The van der Waals surface area contributed by atoms with Gasteiger partial charge in [0.1, 0.15) is 4.83 Å². The van der Waals surface area contributed by atoms with E-state index in [0.29, 0.717) is 41.3 Å². The molecule has 0 aliphatic carbocycles. The van der Waals surface area contributed by atoms with Gasteiger partial charge in [0.25, 0.3) is 5.56 Å². The minimum absolute atomic E-state index is 0.0776. The lowest BCUT2D eigenvalue weighted by Crippen LogP contribution is -2.33. The predicted octanol–water partition coefficient (Wildman–Crippen LogP) is 3.93. The van der Waals surface area contributed by atoms with Crippen LogP contribution in [0.2, 0.25) is 0 Å². The maximum atomic E-state index is 13.5. The molecule has 2 amide bonds. The summed E-state index contributed by atoms with van der Waals surface area (Å²) in [4.78, 5) is 45.9. The van der Waals surface area contributed by atoms with Crippen LogP contribution in [0.1, 0.15) is 41.3 Å². The molecule has 8 heteroatoms. The predicted molar refractivity (Wildman–Crippen MR) is 125 cm³/mol. The monoisotopic (exact) mass is 455 g/mol. The maximum absolute atomic E-state index is 13.5. The highest BCUT2D eigenvalue weighted by Gasteiger charge is 2.27. The molecule has 3 aromatic rings. The molecule has 1 aliphatic heterocycles. The lowest BCUT2D eigenvalue weighted by atomic mass is 10.1. The Morgan fingerprint density at radius 2 is 1.94 bits per heavy atom.